The molecule has 2 atom stereocenters. The number of amides is 1. The molecule has 180 valence electrons. The number of rotatable bonds is 6. The van der Waals surface area contributed by atoms with E-state index in [9.17, 15) is 4.79 Å². The van der Waals surface area contributed by atoms with E-state index in [4.69, 9.17) is 9.15 Å². The highest BCUT2D eigenvalue weighted by Crippen LogP contribution is 2.34. The fraction of sp³-hybridized carbons (Fsp3) is 0.214. The molecule has 1 aliphatic carbocycles. The van der Waals surface area contributed by atoms with Crippen molar-refractivity contribution in [1.29, 1.82) is 0 Å². The summed E-state index contributed by atoms with van der Waals surface area (Å²) >= 11 is 0. The van der Waals surface area contributed by atoms with Gasteiger partial charge in [0.15, 0.2) is 5.58 Å². The minimum Gasteiger partial charge on any atom is -0.445 e. The molecule has 0 saturated heterocycles. The van der Waals surface area contributed by atoms with Crippen LogP contribution >= 0.6 is 0 Å². The third kappa shape index (κ3) is 4.57. The number of hydrogen-bond acceptors (Lipinski definition) is 6. The number of fused-ring (bicyclic) bond motifs is 1. The topological polar surface area (TPSA) is 95.1 Å². The van der Waals surface area contributed by atoms with E-state index >= 15 is 0 Å². The second kappa shape index (κ2) is 9.65. The van der Waals surface area contributed by atoms with Crippen LogP contribution in [0.15, 0.2) is 89.5 Å². The van der Waals surface area contributed by atoms with Gasteiger partial charge in [0.1, 0.15) is 12.1 Å². The average molecular weight is 480 g/mol. The van der Waals surface area contributed by atoms with Gasteiger partial charge in [-0.15, -0.1) is 5.10 Å². The Bertz CT molecular complexity index is 1440. The lowest BCUT2D eigenvalue weighted by Gasteiger charge is -2.15. The largest absolute Gasteiger partial charge is 0.445 e. The van der Waals surface area contributed by atoms with E-state index < -0.39 is 6.09 Å². The Morgan fingerprint density at radius 3 is 2.58 bits per heavy atom. The SMILES string of the molecule is O=C(NC1CCC(n2nncc2-c2ccc(-c3nc4ccccc4o3)cc2)C1)OCc1ccccc1. The summed E-state index contributed by atoms with van der Waals surface area (Å²) in [5.74, 6) is 0.596. The zero-order valence-corrected chi connectivity index (χ0v) is 19.6. The lowest BCUT2D eigenvalue weighted by molar-refractivity contribution is 0.135. The fourth-order valence-electron chi connectivity index (χ4n) is 4.74. The third-order valence-corrected chi connectivity index (χ3v) is 6.58. The van der Waals surface area contributed by atoms with E-state index in [1.165, 1.54) is 0 Å². The van der Waals surface area contributed by atoms with Crippen molar-refractivity contribution in [1.82, 2.24) is 25.3 Å². The van der Waals surface area contributed by atoms with Crippen LogP contribution in [0.1, 0.15) is 30.9 Å². The molecule has 8 heteroatoms. The number of ether oxygens (including phenoxy) is 1. The lowest BCUT2D eigenvalue weighted by Crippen LogP contribution is -2.33. The second-order valence-corrected chi connectivity index (χ2v) is 9.00. The molecule has 1 N–H and O–H groups in total. The molecule has 1 aliphatic rings. The Labute approximate surface area is 207 Å². The zero-order chi connectivity index (χ0) is 24.3. The fourth-order valence-corrected chi connectivity index (χ4v) is 4.74. The lowest BCUT2D eigenvalue weighted by atomic mass is 10.1. The first kappa shape index (κ1) is 22.0. The number of nitrogens with zero attached hydrogens (tertiary/aromatic N) is 4. The maximum absolute atomic E-state index is 12.3. The van der Waals surface area contributed by atoms with Gasteiger partial charge >= 0.3 is 6.09 Å². The van der Waals surface area contributed by atoms with Crippen LogP contribution in [0.4, 0.5) is 4.79 Å². The number of aromatic nitrogens is 4. The quantitative estimate of drug-likeness (QED) is 0.332. The molecule has 5 aromatic rings. The van der Waals surface area contributed by atoms with Crippen LogP contribution in [0.25, 0.3) is 33.8 Å². The first-order valence-corrected chi connectivity index (χ1v) is 12.1. The van der Waals surface area contributed by atoms with Crippen molar-refractivity contribution in [3.8, 4) is 22.7 Å². The molecular formula is C28H25N5O3. The number of nitrogens with one attached hydrogen (secondary N) is 1. The molecule has 0 spiro atoms. The van der Waals surface area contributed by atoms with Crippen molar-refractivity contribution in [2.24, 2.45) is 0 Å². The molecule has 0 aliphatic heterocycles. The van der Waals surface area contributed by atoms with Crippen LogP contribution in [0.3, 0.4) is 0 Å². The van der Waals surface area contributed by atoms with Gasteiger partial charge in [0.25, 0.3) is 0 Å². The van der Waals surface area contributed by atoms with Gasteiger partial charge in [-0.1, -0.05) is 59.8 Å². The predicted octanol–water partition coefficient (Wildman–Crippen LogP) is 5.77. The van der Waals surface area contributed by atoms with E-state index in [0.29, 0.717) is 5.89 Å². The summed E-state index contributed by atoms with van der Waals surface area (Å²) in [6.07, 6.45) is 3.93. The van der Waals surface area contributed by atoms with Crippen molar-refractivity contribution in [3.05, 3.63) is 90.6 Å². The standard InChI is InChI=1S/C28H25N5O3/c34-28(35-18-19-6-2-1-3-7-19)30-22-14-15-23(16-22)33-25(17-29-32-33)20-10-12-21(13-11-20)27-31-24-8-4-5-9-26(24)36-27/h1-13,17,22-23H,14-16,18H2,(H,30,34). The number of carbonyl (C=O) groups excluding carboxylic acids is 1. The molecule has 8 nitrogen and oxygen atoms in total. The smallest absolute Gasteiger partial charge is 0.407 e. The van der Waals surface area contributed by atoms with Gasteiger partial charge in [-0.05, 0) is 49.1 Å². The van der Waals surface area contributed by atoms with Gasteiger partial charge in [-0.3, -0.25) is 0 Å². The number of oxazole rings is 1. The number of alkyl carbamates (subject to hydrolysis) is 1. The molecule has 6 rings (SSSR count). The zero-order valence-electron chi connectivity index (χ0n) is 19.6. The highest BCUT2D eigenvalue weighted by atomic mass is 16.5. The molecule has 1 saturated carbocycles. The highest BCUT2D eigenvalue weighted by Gasteiger charge is 2.29. The van der Waals surface area contributed by atoms with Crippen LogP contribution in [-0.2, 0) is 11.3 Å². The van der Waals surface area contributed by atoms with Gasteiger partial charge in [0, 0.05) is 17.2 Å². The molecule has 1 amide bonds. The second-order valence-electron chi connectivity index (χ2n) is 9.00. The van der Waals surface area contributed by atoms with Gasteiger partial charge in [0.2, 0.25) is 5.89 Å². The number of benzene rings is 3. The first-order chi connectivity index (χ1) is 17.7. The van der Waals surface area contributed by atoms with Crippen molar-refractivity contribution < 1.29 is 13.9 Å². The average Bonchev–Trinajstić information content (AvgIpc) is 3.67. The third-order valence-electron chi connectivity index (χ3n) is 6.58. The number of hydrogen-bond donors (Lipinski definition) is 1. The van der Waals surface area contributed by atoms with Gasteiger partial charge in [-0.2, -0.15) is 0 Å². The maximum Gasteiger partial charge on any atom is 0.407 e. The summed E-state index contributed by atoms with van der Waals surface area (Å²) in [6, 6.07) is 25.7. The molecule has 3 aromatic carbocycles. The Morgan fingerprint density at radius 2 is 1.75 bits per heavy atom. The Balaban J connectivity index is 1.10. The molecule has 2 unspecified atom stereocenters. The monoisotopic (exact) mass is 479 g/mol. The summed E-state index contributed by atoms with van der Waals surface area (Å²) in [5.41, 5.74) is 5.44. The van der Waals surface area contributed by atoms with E-state index in [1.54, 1.807) is 6.20 Å². The number of carbonyl (C=O) groups is 1. The van der Waals surface area contributed by atoms with Crippen molar-refractivity contribution in [2.45, 2.75) is 38.0 Å². The van der Waals surface area contributed by atoms with Crippen LogP contribution in [0, 0.1) is 0 Å². The van der Waals surface area contributed by atoms with Gasteiger partial charge in [0.05, 0.1) is 17.9 Å². The molecule has 36 heavy (non-hydrogen) atoms. The highest BCUT2D eigenvalue weighted by molar-refractivity contribution is 5.76. The normalized spacial score (nSPS) is 17.3. The van der Waals surface area contributed by atoms with Crippen LogP contribution < -0.4 is 5.32 Å². The summed E-state index contributed by atoms with van der Waals surface area (Å²) < 4.78 is 13.2. The molecule has 0 bridgehead atoms. The first-order valence-electron chi connectivity index (χ1n) is 12.1. The Hall–Kier alpha value is -4.46. The molecular weight excluding hydrogens is 454 g/mol. The predicted molar refractivity (Wildman–Crippen MR) is 135 cm³/mol. The van der Waals surface area contributed by atoms with E-state index in [1.807, 2.05) is 83.5 Å². The van der Waals surface area contributed by atoms with Gasteiger partial charge < -0.3 is 14.5 Å². The van der Waals surface area contributed by atoms with E-state index in [2.05, 4.69) is 20.6 Å². The van der Waals surface area contributed by atoms with E-state index in [0.717, 1.165) is 52.7 Å². The van der Waals surface area contributed by atoms with Crippen molar-refractivity contribution in [2.75, 3.05) is 0 Å². The van der Waals surface area contributed by atoms with Crippen LogP contribution in [0.2, 0.25) is 0 Å². The molecule has 2 aromatic heterocycles. The molecule has 0 radical (unpaired) electrons. The van der Waals surface area contributed by atoms with Gasteiger partial charge in [-0.25, -0.2) is 14.5 Å². The van der Waals surface area contributed by atoms with E-state index in [-0.39, 0.29) is 18.7 Å². The maximum atomic E-state index is 12.3. The van der Waals surface area contributed by atoms with Crippen LogP contribution in [0.5, 0.6) is 0 Å². The van der Waals surface area contributed by atoms with Crippen molar-refractivity contribution in [3.63, 3.8) is 0 Å². The summed E-state index contributed by atoms with van der Waals surface area (Å²) in [7, 11) is 0. The molecule has 1 fully saturated rings. The summed E-state index contributed by atoms with van der Waals surface area (Å²) in [4.78, 5) is 16.9. The Kier molecular flexibility index (Phi) is 5.91. The minimum absolute atomic E-state index is 0.0388. The minimum atomic E-state index is -0.391. The molecule has 2 heterocycles. The summed E-state index contributed by atoms with van der Waals surface area (Å²) in [5, 5.41) is 11.5. The van der Waals surface area contributed by atoms with Crippen LogP contribution in [-0.4, -0.2) is 32.1 Å². The number of para-hydroxylation sites is 2. The van der Waals surface area contributed by atoms with Crippen molar-refractivity contribution >= 4 is 17.2 Å². The summed E-state index contributed by atoms with van der Waals surface area (Å²) in [6.45, 7) is 0.260. The Morgan fingerprint density at radius 1 is 0.972 bits per heavy atom.